The van der Waals surface area contributed by atoms with Crippen molar-refractivity contribution in [1.82, 2.24) is 10.2 Å². The highest BCUT2D eigenvalue weighted by atomic mass is 35.5. The van der Waals surface area contributed by atoms with Gasteiger partial charge in [0.25, 0.3) is 5.91 Å². The van der Waals surface area contributed by atoms with Crippen molar-refractivity contribution in [2.45, 2.75) is 38.7 Å². The molecule has 0 spiro atoms. The average molecular weight is 427 g/mol. The van der Waals surface area contributed by atoms with Crippen molar-refractivity contribution in [3.63, 3.8) is 0 Å². The third-order valence-electron chi connectivity index (χ3n) is 5.53. The Kier molecular flexibility index (Phi) is 7.86. The molecule has 2 aliphatic rings. The number of fused-ring (bicyclic) bond motifs is 1. The number of rotatable bonds is 7. The zero-order valence-electron chi connectivity index (χ0n) is 17.2. The molecule has 2 atom stereocenters. The van der Waals surface area contributed by atoms with Gasteiger partial charge in [-0.05, 0) is 32.0 Å². The van der Waals surface area contributed by atoms with E-state index in [0.717, 1.165) is 32.4 Å². The molecule has 29 heavy (non-hydrogen) atoms. The number of unbranched alkanes of at least 4 members (excludes halogenated alkanes) is 1. The minimum absolute atomic E-state index is 0.0290. The maximum atomic E-state index is 12.9. The Hall–Kier alpha value is -1.70. The number of ether oxygens (including phenoxy) is 3. The first-order valence-electron chi connectivity index (χ1n) is 10.4. The first-order valence-corrected chi connectivity index (χ1v) is 10.8. The molecule has 0 saturated carbocycles. The highest BCUT2D eigenvalue weighted by molar-refractivity contribution is 6.33. The molecular formula is C21H31ClN2O5. The maximum absolute atomic E-state index is 12.9. The lowest BCUT2D eigenvalue weighted by molar-refractivity contribution is 0.0217. The van der Waals surface area contributed by atoms with E-state index in [2.05, 4.69) is 17.1 Å². The van der Waals surface area contributed by atoms with Crippen LogP contribution in [0.15, 0.2) is 6.07 Å². The van der Waals surface area contributed by atoms with Crippen molar-refractivity contribution in [2.24, 2.45) is 5.92 Å². The van der Waals surface area contributed by atoms with Crippen molar-refractivity contribution in [1.29, 1.82) is 0 Å². The Labute approximate surface area is 177 Å². The summed E-state index contributed by atoms with van der Waals surface area (Å²) in [5.74, 6) is 0.830. The summed E-state index contributed by atoms with van der Waals surface area (Å²) < 4.78 is 16.9. The molecule has 7 nitrogen and oxygen atoms in total. The van der Waals surface area contributed by atoms with Crippen LogP contribution in [0.4, 0.5) is 0 Å². The highest BCUT2D eigenvalue weighted by Crippen LogP contribution is 2.46. The lowest BCUT2D eigenvalue weighted by Gasteiger charge is -2.36. The van der Waals surface area contributed by atoms with Crippen LogP contribution in [0.3, 0.4) is 0 Å². The zero-order valence-corrected chi connectivity index (χ0v) is 18.0. The van der Waals surface area contributed by atoms with Gasteiger partial charge < -0.3 is 29.5 Å². The summed E-state index contributed by atoms with van der Waals surface area (Å²) in [4.78, 5) is 15.2. The third-order valence-corrected chi connectivity index (χ3v) is 5.81. The minimum Gasteiger partial charge on any atom is -0.491 e. The van der Waals surface area contributed by atoms with E-state index in [4.69, 9.17) is 25.8 Å². The Morgan fingerprint density at radius 3 is 2.83 bits per heavy atom. The summed E-state index contributed by atoms with van der Waals surface area (Å²) in [6.07, 6.45) is 3.40. The van der Waals surface area contributed by atoms with E-state index in [1.165, 1.54) is 7.11 Å². The van der Waals surface area contributed by atoms with Gasteiger partial charge in [-0.3, -0.25) is 4.79 Å². The number of nitrogens with one attached hydrogen (secondary N) is 1. The Morgan fingerprint density at radius 1 is 1.38 bits per heavy atom. The summed E-state index contributed by atoms with van der Waals surface area (Å²) >= 11 is 6.31. The van der Waals surface area contributed by atoms with Gasteiger partial charge in [-0.2, -0.15) is 0 Å². The molecule has 162 valence electrons. The molecule has 2 heterocycles. The number of β-amino-alcohol motifs (C(OH)–C–C–N with tert-alkyl or cyclic N) is 1. The fourth-order valence-electron chi connectivity index (χ4n) is 3.82. The van der Waals surface area contributed by atoms with Gasteiger partial charge in [0.1, 0.15) is 0 Å². The Balaban J connectivity index is 1.66. The second-order valence-electron chi connectivity index (χ2n) is 7.63. The number of benzene rings is 1. The van der Waals surface area contributed by atoms with Gasteiger partial charge in [0, 0.05) is 25.4 Å². The molecule has 1 saturated heterocycles. The van der Waals surface area contributed by atoms with Gasteiger partial charge in [-0.15, -0.1) is 0 Å². The van der Waals surface area contributed by atoms with Crippen molar-refractivity contribution < 1.29 is 24.1 Å². The average Bonchev–Trinajstić information content (AvgIpc) is 2.96. The molecule has 1 fully saturated rings. The summed E-state index contributed by atoms with van der Waals surface area (Å²) in [5.41, 5.74) is 0.322. The molecule has 2 aliphatic heterocycles. The smallest absolute Gasteiger partial charge is 0.255 e. The van der Waals surface area contributed by atoms with E-state index >= 15 is 0 Å². The summed E-state index contributed by atoms with van der Waals surface area (Å²) in [7, 11) is 1.50. The minimum atomic E-state index is -0.447. The van der Waals surface area contributed by atoms with Gasteiger partial charge in [0.15, 0.2) is 11.5 Å². The van der Waals surface area contributed by atoms with Gasteiger partial charge in [0.2, 0.25) is 5.75 Å². The number of piperidine rings is 1. The normalized spacial score (nSPS) is 22.1. The molecule has 1 amide bonds. The predicted molar refractivity (Wildman–Crippen MR) is 111 cm³/mol. The van der Waals surface area contributed by atoms with Crippen LogP contribution in [-0.4, -0.2) is 68.5 Å². The van der Waals surface area contributed by atoms with Crippen molar-refractivity contribution >= 4 is 17.5 Å². The van der Waals surface area contributed by atoms with E-state index in [1.54, 1.807) is 6.07 Å². The van der Waals surface area contributed by atoms with Gasteiger partial charge in [-0.25, -0.2) is 0 Å². The molecule has 0 unspecified atom stereocenters. The van der Waals surface area contributed by atoms with Crippen LogP contribution < -0.4 is 19.5 Å². The fraction of sp³-hybridized carbons (Fsp3) is 0.667. The van der Waals surface area contributed by atoms with Crippen LogP contribution in [0.1, 0.15) is 43.0 Å². The van der Waals surface area contributed by atoms with Crippen LogP contribution >= 0.6 is 11.6 Å². The molecular weight excluding hydrogens is 396 g/mol. The molecule has 0 aromatic heterocycles. The molecule has 3 rings (SSSR count). The number of carbonyl (C=O) groups excluding carboxylic acids is 1. The number of carbonyl (C=O) groups is 1. The SMILES string of the molecule is CCCCN1CC[C@@H](CNC(=O)c2cc(Cl)c(OC)c3c2OCCCO3)[C@H](O)C1. The summed E-state index contributed by atoms with van der Waals surface area (Å²) in [6.45, 7) is 6.10. The molecule has 0 bridgehead atoms. The van der Waals surface area contributed by atoms with Crippen molar-refractivity contribution in [2.75, 3.05) is 46.5 Å². The maximum Gasteiger partial charge on any atom is 0.255 e. The van der Waals surface area contributed by atoms with E-state index in [1.807, 2.05) is 0 Å². The second kappa shape index (κ2) is 10.4. The quantitative estimate of drug-likeness (QED) is 0.697. The Bertz CT molecular complexity index is 715. The number of aliphatic hydroxyl groups is 1. The van der Waals surface area contributed by atoms with E-state index in [-0.39, 0.29) is 11.8 Å². The number of likely N-dealkylation sites (tertiary alicyclic amines) is 1. The van der Waals surface area contributed by atoms with Gasteiger partial charge >= 0.3 is 0 Å². The van der Waals surface area contributed by atoms with Crippen molar-refractivity contribution in [3.05, 3.63) is 16.7 Å². The first kappa shape index (κ1) is 22.0. The van der Waals surface area contributed by atoms with Crippen LogP contribution in [0.25, 0.3) is 0 Å². The first-order chi connectivity index (χ1) is 14.0. The van der Waals surface area contributed by atoms with Gasteiger partial charge in [0.05, 0.1) is 37.0 Å². The monoisotopic (exact) mass is 426 g/mol. The largest absolute Gasteiger partial charge is 0.491 e. The Morgan fingerprint density at radius 2 is 2.14 bits per heavy atom. The number of methoxy groups -OCH3 is 1. The number of hydrogen-bond donors (Lipinski definition) is 2. The number of nitrogens with zero attached hydrogens (tertiary/aromatic N) is 1. The number of halogens is 1. The van der Waals surface area contributed by atoms with E-state index in [0.29, 0.717) is 60.6 Å². The fourth-order valence-corrected chi connectivity index (χ4v) is 4.09. The van der Waals surface area contributed by atoms with Crippen LogP contribution in [0.5, 0.6) is 17.2 Å². The van der Waals surface area contributed by atoms with Crippen LogP contribution in [-0.2, 0) is 0 Å². The standard InChI is InChI=1S/C21H31ClN2O5/c1-3-4-7-24-8-6-14(17(25)13-24)12-23-21(26)15-11-16(22)19(27-2)20-18(15)28-9-5-10-29-20/h11,14,17,25H,3-10,12-13H2,1-2H3,(H,23,26)/t14-,17+/m0/s1. The van der Waals surface area contributed by atoms with Crippen LogP contribution in [0.2, 0.25) is 5.02 Å². The zero-order chi connectivity index (χ0) is 20.8. The molecule has 1 aromatic rings. The van der Waals surface area contributed by atoms with E-state index in [9.17, 15) is 9.90 Å². The lowest BCUT2D eigenvalue weighted by atomic mass is 9.93. The highest BCUT2D eigenvalue weighted by Gasteiger charge is 2.30. The summed E-state index contributed by atoms with van der Waals surface area (Å²) in [6, 6.07) is 1.55. The predicted octanol–water partition coefficient (Wildman–Crippen LogP) is 2.72. The topological polar surface area (TPSA) is 80.3 Å². The molecule has 8 heteroatoms. The summed E-state index contributed by atoms with van der Waals surface area (Å²) in [5, 5.41) is 13.7. The number of amides is 1. The molecule has 1 aromatic carbocycles. The molecule has 2 N–H and O–H groups in total. The van der Waals surface area contributed by atoms with Crippen molar-refractivity contribution in [3.8, 4) is 17.2 Å². The second-order valence-corrected chi connectivity index (χ2v) is 8.04. The number of aliphatic hydroxyl groups excluding tert-OH is 1. The number of hydrogen-bond acceptors (Lipinski definition) is 6. The van der Waals surface area contributed by atoms with E-state index < -0.39 is 6.10 Å². The molecule has 0 aliphatic carbocycles. The third kappa shape index (κ3) is 5.27. The van der Waals surface area contributed by atoms with Crippen LogP contribution in [0, 0.1) is 5.92 Å². The van der Waals surface area contributed by atoms with Gasteiger partial charge in [-0.1, -0.05) is 24.9 Å². The molecule has 0 radical (unpaired) electrons. The lowest BCUT2D eigenvalue weighted by Crippen LogP contribution is -2.47.